The van der Waals surface area contributed by atoms with E-state index in [0.29, 0.717) is 17.9 Å². The van der Waals surface area contributed by atoms with Crippen LogP contribution in [-0.2, 0) is 4.74 Å². The number of hydrogen-bond acceptors (Lipinski definition) is 4. The molecule has 22 heavy (non-hydrogen) atoms. The van der Waals surface area contributed by atoms with E-state index in [1.807, 2.05) is 0 Å². The van der Waals surface area contributed by atoms with Crippen LogP contribution in [0.3, 0.4) is 0 Å². The Kier molecular flexibility index (Phi) is 5.14. The van der Waals surface area contributed by atoms with E-state index in [2.05, 4.69) is 0 Å². The number of hydrogen-bond donors (Lipinski definition) is 0. The second-order valence-electron chi connectivity index (χ2n) is 4.50. The minimum Gasteiger partial charge on any atom is -0.618 e. The molecule has 0 aliphatic carbocycles. The Morgan fingerprint density at radius 1 is 1.14 bits per heavy atom. The van der Waals surface area contributed by atoms with Crippen molar-refractivity contribution in [2.75, 3.05) is 13.7 Å². The molecule has 2 rings (SSSR count). The van der Waals surface area contributed by atoms with Crippen LogP contribution in [0.2, 0.25) is 0 Å². The maximum absolute atomic E-state index is 12.1. The zero-order valence-electron chi connectivity index (χ0n) is 12.5. The van der Waals surface area contributed by atoms with Gasteiger partial charge in [0.05, 0.1) is 19.3 Å². The number of carbonyl (C=O) groups excluding carboxylic acids is 1. The first kappa shape index (κ1) is 15.6. The first-order valence-electron chi connectivity index (χ1n) is 6.86. The van der Waals surface area contributed by atoms with Crippen molar-refractivity contribution in [1.29, 1.82) is 0 Å². The minimum atomic E-state index is -0.398. The van der Waals surface area contributed by atoms with E-state index in [4.69, 9.17) is 9.47 Å². The van der Waals surface area contributed by atoms with Crippen molar-refractivity contribution in [1.82, 2.24) is 0 Å². The molecule has 0 aromatic heterocycles. The van der Waals surface area contributed by atoms with Crippen LogP contribution in [-0.4, -0.2) is 30.6 Å². The van der Waals surface area contributed by atoms with Gasteiger partial charge in [0.15, 0.2) is 6.21 Å². The second-order valence-corrected chi connectivity index (χ2v) is 4.50. The highest BCUT2D eigenvalue weighted by molar-refractivity contribution is 5.89. The van der Waals surface area contributed by atoms with Crippen LogP contribution in [0.5, 0.6) is 5.75 Å². The Balaban J connectivity index is 2.15. The number of rotatable bonds is 5. The summed E-state index contributed by atoms with van der Waals surface area (Å²) in [6.07, 6.45) is 1.46. The van der Waals surface area contributed by atoms with Gasteiger partial charge in [0, 0.05) is 17.7 Å². The maximum atomic E-state index is 12.1. The number of ether oxygens (including phenoxy) is 2. The molecule has 0 fully saturated rings. The lowest BCUT2D eigenvalue weighted by molar-refractivity contribution is -0.354. The van der Waals surface area contributed by atoms with Crippen molar-refractivity contribution in [2.24, 2.45) is 0 Å². The summed E-state index contributed by atoms with van der Waals surface area (Å²) in [5.74, 6) is 0.332. The number of benzene rings is 2. The predicted octanol–water partition coefficient (Wildman–Crippen LogP) is 3.13. The van der Waals surface area contributed by atoms with Crippen molar-refractivity contribution in [3.63, 3.8) is 0 Å². The lowest BCUT2D eigenvalue weighted by Crippen LogP contribution is -2.05. The van der Waals surface area contributed by atoms with Gasteiger partial charge >= 0.3 is 5.97 Å². The van der Waals surface area contributed by atoms with Gasteiger partial charge in [0.25, 0.3) is 0 Å². The SMILES string of the molecule is CCOC(=O)c1ccc(/[N+]([O-])=C/c2ccc(OC)cc2)cc1. The van der Waals surface area contributed by atoms with E-state index in [1.54, 1.807) is 62.6 Å². The van der Waals surface area contributed by atoms with Gasteiger partial charge < -0.3 is 14.7 Å². The molecule has 0 saturated heterocycles. The summed E-state index contributed by atoms with van der Waals surface area (Å²) in [5, 5.41) is 12.1. The van der Waals surface area contributed by atoms with E-state index < -0.39 is 5.97 Å². The van der Waals surface area contributed by atoms with Crippen molar-refractivity contribution < 1.29 is 19.0 Å². The summed E-state index contributed by atoms with van der Waals surface area (Å²) in [6, 6.07) is 13.4. The van der Waals surface area contributed by atoms with Gasteiger partial charge in [-0.15, -0.1) is 0 Å². The number of carbonyl (C=O) groups is 1. The Labute approximate surface area is 129 Å². The lowest BCUT2D eigenvalue weighted by Gasteiger charge is -2.05. The average molecular weight is 299 g/mol. The summed E-state index contributed by atoms with van der Waals surface area (Å²) in [6.45, 7) is 2.06. The standard InChI is InChI=1S/C17H17NO4/c1-3-22-17(19)14-6-8-15(9-7-14)18(20)12-13-4-10-16(21-2)11-5-13/h4-12H,3H2,1-2H3/b18-12-. The first-order chi connectivity index (χ1) is 10.6. The van der Waals surface area contributed by atoms with Gasteiger partial charge in [0.2, 0.25) is 5.69 Å². The summed E-state index contributed by atoms with van der Waals surface area (Å²) < 4.78 is 10.7. The fraction of sp³-hybridized carbons (Fsp3) is 0.176. The van der Waals surface area contributed by atoms with Crippen LogP contribution >= 0.6 is 0 Å². The summed E-state index contributed by atoms with van der Waals surface area (Å²) in [4.78, 5) is 11.5. The number of methoxy groups -OCH3 is 1. The highest BCUT2D eigenvalue weighted by Crippen LogP contribution is 2.14. The van der Waals surface area contributed by atoms with Crippen LogP contribution < -0.4 is 4.74 Å². The summed E-state index contributed by atoms with van der Waals surface area (Å²) in [5.41, 5.74) is 1.61. The third-order valence-corrected chi connectivity index (χ3v) is 3.02. The highest BCUT2D eigenvalue weighted by Gasteiger charge is 2.08. The van der Waals surface area contributed by atoms with Crippen LogP contribution in [0.4, 0.5) is 5.69 Å². The molecule has 0 amide bonds. The highest BCUT2D eigenvalue weighted by atomic mass is 16.5. The molecule has 0 saturated carbocycles. The van der Waals surface area contributed by atoms with Gasteiger partial charge in [0.1, 0.15) is 5.75 Å². The lowest BCUT2D eigenvalue weighted by atomic mass is 10.2. The third kappa shape index (κ3) is 3.85. The van der Waals surface area contributed by atoms with E-state index >= 15 is 0 Å². The Hall–Kier alpha value is -2.82. The van der Waals surface area contributed by atoms with E-state index in [-0.39, 0.29) is 0 Å². The smallest absolute Gasteiger partial charge is 0.338 e. The van der Waals surface area contributed by atoms with Gasteiger partial charge in [-0.1, -0.05) is 0 Å². The van der Waals surface area contributed by atoms with Crippen molar-refractivity contribution in [2.45, 2.75) is 6.92 Å². The van der Waals surface area contributed by atoms with Crippen molar-refractivity contribution in [3.8, 4) is 5.75 Å². The van der Waals surface area contributed by atoms with Crippen molar-refractivity contribution >= 4 is 17.9 Å². The van der Waals surface area contributed by atoms with Crippen LogP contribution in [0.1, 0.15) is 22.8 Å². The molecule has 5 nitrogen and oxygen atoms in total. The monoisotopic (exact) mass is 299 g/mol. The minimum absolute atomic E-state index is 0.319. The molecular formula is C17H17NO4. The van der Waals surface area contributed by atoms with Crippen LogP contribution in [0.15, 0.2) is 48.5 Å². The summed E-state index contributed by atoms with van der Waals surface area (Å²) >= 11 is 0. The molecule has 0 N–H and O–H groups in total. The molecule has 0 aliphatic rings. The Morgan fingerprint density at radius 3 is 2.32 bits per heavy atom. The van der Waals surface area contributed by atoms with E-state index in [0.717, 1.165) is 16.1 Å². The first-order valence-corrected chi connectivity index (χ1v) is 6.86. The molecule has 0 bridgehead atoms. The largest absolute Gasteiger partial charge is 0.618 e. The molecule has 5 heteroatoms. The predicted molar refractivity (Wildman–Crippen MR) is 83.8 cm³/mol. The van der Waals surface area contributed by atoms with Gasteiger partial charge in [-0.05, 0) is 43.3 Å². The number of nitrogens with zero attached hydrogens (tertiary/aromatic N) is 1. The fourth-order valence-corrected chi connectivity index (χ4v) is 1.86. The van der Waals surface area contributed by atoms with Crippen molar-refractivity contribution in [3.05, 3.63) is 64.9 Å². The maximum Gasteiger partial charge on any atom is 0.338 e. The molecule has 0 heterocycles. The molecule has 0 unspecified atom stereocenters. The molecule has 0 spiro atoms. The molecular weight excluding hydrogens is 282 g/mol. The topological polar surface area (TPSA) is 61.6 Å². The molecule has 2 aromatic carbocycles. The van der Waals surface area contributed by atoms with Crippen LogP contribution in [0.25, 0.3) is 0 Å². The summed E-state index contributed by atoms with van der Waals surface area (Å²) in [7, 11) is 1.59. The molecule has 114 valence electrons. The zero-order chi connectivity index (χ0) is 15.9. The normalized spacial score (nSPS) is 11.1. The molecule has 0 atom stereocenters. The third-order valence-electron chi connectivity index (χ3n) is 3.02. The van der Waals surface area contributed by atoms with E-state index in [1.165, 1.54) is 6.21 Å². The van der Waals surface area contributed by atoms with Gasteiger partial charge in [-0.25, -0.2) is 4.79 Å². The Bertz CT molecular complexity index is 660. The molecule has 0 aliphatic heterocycles. The zero-order valence-corrected chi connectivity index (χ0v) is 12.5. The Morgan fingerprint density at radius 2 is 1.77 bits per heavy atom. The van der Waals surface area contributed by atoms with Crippen LogP contribution in [0, 0.1) is 5.21 Å². The molecule has 0 radical (unpaired) electrons. The van der Waals surface area contributed by atoms with E-state index in [9.17, 15) is 10.0 Å². The quantitative estimate of drug-likeness (QED) is 0.280. The fourth-order valence-electron chi connectivity index (χ4n) is 1.86. The van der Waals surface area contributed by atoms with Gasteiger partial charge in [-0.2, -0.15) is 4.74 Å². The second kappa shape index (κ2) is 7.26. The molecule has 2 aromatic rings. The number of esters is 1. The van der Waals surface area contributed by atoms with Gasteiger partial charge in [-0.3, -0.25) is 0 Å². The average Bonchev–Trinajstić information content (AvgIpc) is 2.56.